The SMILES string of the molecule is COc1cc(O)c2c(c1C(=O)NCc1cccc(F)c1)OC1=CC(=O)C(C(C)=O)C(=O)[C@]12C. The predicted molar refractivity (Wildman–Crippen MR) is 112 cm³/mol. The summed E-state index contributed by atoms with van der Waals surface area (Å²) >= 11 is 0. The van der Waals surface area contributed by atoms with Crippen LogP contribution in [0, 0.1) is 11.7 Å². The van der Waals surface area contributed by atoms with Crippen LogP contribution in [0.15, 0.2) is 42.2 Å². The van der Waals surface area contributed by atoms with Crippen molar-refractivity contribution in [2.45, 2.75) is 25.8 Å². The number of rotatable bonds is 5. The number of halogens is 1. The standard InChI is InChI=1S/C24H20FNO7/c1-11(27)18-14(28)9-17-24(2,22(18)30)20-15(29)8-16(32-3)19(21(20)33-17)23(31)26-10-12-5-4-6-13(25)7-12/h4-9,18,29H,10H2,1-3H3,(H,26,31)/t18?,24-/m1/s1. The van der Waals surface area contributed by atoms with Gasteiger partial charge in [0.15, 0.2) is 17.3 Å². The number of methoxy groups -OCH3 is 1. The zero-order valence-corrected chi connectivity index (χ0v) is 18.0. The minimum atomic E-state index is -1.65. The molecule has 2 atom stereocenters. The van der Waals surface area contributed by atoms with Gasteiger partial charge in [0.2, 0.25) is 0 Å². The first kappa shape index (κ1) is 22.2. The second-order valence-electron chi connectivity index (χ2n) is 8.04. The van der Waals surface area contributed by atoms with Crippen molar-refractivity contribution in [2.24, 2.45) is 5.92 Å². The van der Waals surface area contributed by atoms with Crippen molar-refractivity contribution in [3.63, 3.8) is 0 Å². The molecule has 1 aliphatic carbocycles. The number of ketones is 3. The summed E-state index contributed by atoms with van der Waals surface area (Å²) in [5.74, 6) is -5.42. The highest BCUT2D eigenvalue weighted by molar-refractivity contribution is 6.27. The third-order valence-electron chi connectivity index (χ3n) is 5.94. The van der Waals surface area contributed by atoms with Gasteiger partial charge in [-0.25, -0.2) is 4.39 Å². The molecule has 0 radical (unpaired) electrons. The monoisotopic (exact) mass is 453 g/mol. The van der Waals surface area contributed by atoms with Gasteiger partial charge in [-0.1, -0.05) is 12.1 Å². The van der Waals surface area contributed by atoms with Crippen molar-refractivity contribution in [1.29, 1.82) is 0 Å². The molecule has 2 aromatic rings. The van der Waals surface area contributed by atoms with Gasteiger partial charge in [0.1, 0.15) is 45.8 Å². The molecular weight excluding hydrogens is 433 g/mol. The van der Waals surface area contributed by atoms with E-state index in [4.69, 9.17) is 9.47 Å². The van der Waals surface area contributed by atoms with Crippen LogP contribution < -0.4 is 14.8 Å². The van der Waals surface area contributed by atoms with Gasteiger partial charge in [-0.15, -0.1) is 0 Å². The van der Waals surface area contributed by atoms with Gasteiger partial charge < -0.3 is 19.9 Å². The second kappa shape index (κ2) is 7.84. The number of aromatic hydroxyl groups is 1. The highest BCUT2D eigenvalue weighted by Crippen LogP contribution is 2.56. The van der Waals surface area contributed by atoms with E-state index < -0.39 is 40.4 Å². The number of allylic oxidation sites excluding steroid dienone is 2. The number of Topliss-reactive ketones (excluding diaryl/α,β-unsaturated/α-hetero) is 2. The van der Waals surface area contributed by atoms with E-state index >= 15 is 0 Å². The van der Waals surface area contributed by atoms with Crippen LogP contribution in [0.5, 0.6) is 17.2 Å². The molecule has 1 unspecified atom stereocenters. The number of nitrogens with one attached hydrogen (secondary N) is 1. The van der Waals surface area contributed by atoms with Gasteiger partial charge >= 0.3 is 0 Å². The van der Waals surface area contributed by atoms with E-state index in [0.29, 0.717) is 5.56 Å². The summed E-state index contributed by atoms with van der Waals surface area (Å²) in [6, 6.07) is 6.84. The lowest BCUT2D eigenvalue weighted by Gasteiger charge is -2.30. The van der Waals surface area contributed by atoms with Gasteiger partial charge in [0.05, 0.1) is 12.7 Å². The third-order valence-corrected chi connectivity index (χ3v) is 5.94. The fourth-order valence-electron chi connectivity index (χ4n) is 4.27. The van der Waals surface area contributed by atoms with Crippen LogP contribution in [0.1, 0.15) is 35.3 Å². The van der Waals surface area contributed by atoms with Crippen LogP contribution in [0.4, 0.5) is 4.39 Å². The maximum Gasteiger partial charge on any atom is 0.259 e. The van der Waals surface area contributed by atoms with Crippen LogP contribution in [-0.2, 0) is 26.3 Å². The lowest BCUT2D eigenvalue weighted by atomic mass is 9.67. The number of benzene rings is 2. The van der Waals surface area contributed by atoms with Crippen LogP contribution in [0.3, 0.4) is 0 Å². The summed E-state index contributed by atoms with van der Waals surface area (Å²) in [5.41, 5.74) is -1.29. The number of phenols is 1. The highest BCUT2D eigenvalue weighted by Gasteiger charge is 2.58. The minimum Gasteiger partial charge on any atom is -0.507 e. The van der Waals surface area contributed by atoms with E-state index in [0.717, 1.165) is 13.0 Å². The molecule has 8 nitrogen and oxygen atoms in total. The van der Waals surface area contributed by atoms with Crippen LogP contribution in [0.2, 0.25) is 0 Å². The maximum absolute atomic E-state index is 13.5. The topological polar surface area (TPSA) is 119 Å². The Morgan fingerprint density at radius 1 is 1.27 bits per heavy atom. The molecule has 1 amide bonds. The second-order valence-corrected chi connectivity index (χ2v) is 8.04. The molecule has 2 aromatic carbocycles. The fourth-order valence-corrected chi connectivity index (χ4v) is 4.27. The quantitative estimate of drug-likeness (QED) is 0.667. The summed E-state index contributed by atoms with van der Waals surface area (Å²) in [6.45, 7) is 2.55. The Kier molecular flexibility index (Phi) is 5.27. The van der Waals surface area contributed by atoms with Gasteiger partial charge in [-0.05, 0) is 31.5 Å². The first-order chi connectivity index (χ1) is 15.6. The lowest BCUT2D eigenvalue weighted by Crippen LogP contribution is -2.47. The zero-order chi connectivity index (χ0) is 24.1. The summed E-state index contributed by atoms with van der Waals surface area (Å²) in [7, 11) is 1.29. The number of amides is 1. The molecule has 170 valence electrons. The molecule has 9 heteroatoms. The van der Waals surface area contributed by atoms with E-state index in [1.807, 2.05) is 0 Å². The van der Waals surface area contributed by atoms with E-state index in [2.05, 4.69) is 5.32 Å². The molecule has 0 aromatic heterocycles. The number of ether oxygens (including phenoxy) is 2. The van der Waals surface area contributed by atoms with Crippen molar-refractivity contribution in [1.82, 2.24) is 5.32 Å². The molecule has 4 rings (SSSR count). The molecule has 0 spiro atoms. The van der Waals surface area contributed by atoms with Gasteiger partial charge in [0, 0.05) is 18.7 Å². The summed E-state index contributed by atoms with van der Waals surface area (Å²) in [6.07, 6.45) is 1.05. The number of fused-ring (bicyclic) bond motifs is 3. The average Bonchev–Trinajstić information content (AvgIpc) is 3.05. The summed E-state index contributed by atoms with van der Waals surface area (Å²) in [4.78, 5) is 50.7. The van der Waals surface area contributed by atoms with Crippen LogP contribution in [-0.4, -0.2) is 35.5 Å². The molecule has 1 aliphatic heterocycles. The van der Waals surface area contributed by atoms with E-state index in [-0.39, 0.29) is 40.7 Å². The Labute approximate surface area is 188 Å². The normalized spacial score (nSPS) is 21.0. The maximum atomic E-state index is 13.5. The van der Waals surface area contributed by atoms with Crippen molar-refractivity contribution in [2.75, 3.05) is 7.11 Å². The number of hydrogen-bond acceptors (Lipinski definition) is 7. The molecule has 0 bridgehead atoms. The van der Waals surface area contributed by atoms with Crippen molar-refractivity contribution in [3.8, 4) is 17.2 Å². The van der Waals surface area contributed by atoms with Crippen molar-refractivity contribution < 1.29 is 38.1 Å². The average molecular weight is 453 g/mol. The molecular formula is C24H20FNO7. The van der Waals surface area contributed by atoms with Gasteiger partial charge in [0.25, 0.3) is 5.91 Å². The van der Waals surface area contributed by atoms with Crippen LogP contribution in [0.25, 0.3) is 0 Å². The van der Waals surface area contributed by atoms with Gasteiger partial charge in [-0.2, -0.15) is 0 Å². The largest absolute Gasteiger partial charge is 0.507 e. The van der Waals surface area contributed by atoms with E-state index in [1.165, 1.54) is 38.3 Å². The van der Waals surface area contributed by atoms with E-state index in [9.17, 15) is 28.7 Å². The third kappa shape index (κ3) is 3.36. The minimum absolute atomic E-state index is 0.0147. The number of phenolic OH excluding ortho intramolecular Hbond substituents is 1. The molecule has 0 saturated carbocycles. The van der Waals surface area contributed by atoms with Crippen LogP contribution >= 0.6 is 0 Å². The molecule has 0 fully saturated rings. The summed E-state index contributed by atoms with van der Waals surface area (Å²) < 4.78 is 24.5. The summed E-state index contributed by atoms with van der Waals surface area (Å²) in [5, 5.41) is 13.4. The first-order valence-corrected chi connectivity index (χ1v) is 10.0. The smallest absolute Gasteiger partial charge is 0.259 e. The Morgan fingerprint density at radius 2 is 2.00 bits per heavy atom. The Bertz CT molecular complexity index is 1270. The lowest BCUT2D eigenvalue weighted by molar-refractivity contribution is -0.140. The van der Waals surface area contributed by atoms with Gasteiger partial charge in [-0.3, -0.25) is 19.2 Å². The molecule has 0 saturated heterocycles. The van der Waals surface area contributed by atoms with Crippen molar-refractivity contribution in [3.05, 3.63) is 64.7 Å². The van der Waals surface area contributed by atoms with Crippen molar-refractivity contribution >= 4 is 23.3 Å². The fraction of sp³-hybridized carbons (Fsp3) is 0.250. The zero-order valence-electron chi connectivity index (χ0n) is 18.0. The highest BCUT2D eigenvalue weighted by atomic mass is 19.1. The molecule has 2 N–H and O–H groups in total. The number of carbonyl (C=O) groups excluding carboxylic acids is 4. The Balaban J connectivity index is 1.81. The molecule has 2 aliphatic rings. The first-order valence-electron chi connectivity index (χ1n) is 10.0. The number of hydrogen-bond donors (Lipinski definition) is 2. The Hall–Kier alpha value is -4.01. The van der Waals surface area contributed by atoms with E-state index in [1.54, 1.807) is 6.07 Å². The molecule has 1 heterocycles. The molecule has 33 heavy (non-hydrogen) atoms. The Morgan fingerprint density at radius 3 is 2.64 bits per heavy atom. The predicted octanol–water partition coefficient (Wildman–Crippen LogP) is 2.36. The number of carbonyl (C=O) groups is 4.